The number of phenolic OH excluding ortho intramolecular Hbond substituents is 1. The number of hydrogen-bond donors (Lipinski definition) is 3. The fourth-order valence-corrected chi connectivity index (χ4v) is 5.48. The SMILES string of the molecule is O=C(NCC1CCCO1)c1ccc(O)cc1OC[C@@H](O)CN1CCC2(CC1)Cc1cc(Cl)ccc1O2. The van der Waals surface area contributed by atoms with Gasteiger partial charge in [0.05, 0.1) is 11.7 Å². The van der Waals surface area contributed by atoms with Gasteiger partial charge in [-0.2, -0.15) is 0 Å². The summed E-state index contributed by atoms with van der Waals surface area (Å²) < 4.78 is 17.7. The zero-order valence-electron chi connectivity index (χ0n) is 20.2. The van der Waals surface area contributed by atoms with Crippen LogP contribution in [-0.4, -0.2) is 78.2 Å². The molecule has 2 atom stereocenters. The van der Waals surface area contributed by atoms with E-state index in [0.29, 0.717) is 18.7 Å². The van der Waals surface area contributed by atoms with Crippen LogP contribution < -0.4 is 14.8 Å². The van der Waals surface area contributed by atoms with Gasteiger partial charge in [-0.15, -0.1) is 0 Å². The van der Waals surface area contributed by atoms with Crippen LogP contribution >= 0.6 is 11.6 Å². The van der Waals surface area contributed by atoms with Gasteiger partial charge in [-0.3, -0.25) is 4.79 Å². The number of likely N-dealkylation sites (tertiary alicyclic amines) is 1. The van der Waals surface area contributed by atoms with E-state index in [1.807, 2.05) is 18.2 Å². The van der Waals surface area contributed by atoms with Crippen LogP contribution in [0.15, 0.2) is 36.4 Å². The van der Waals surface area contributed by atoms with Gasteiger partial charge in [0.1, 0.15) is 35.6 Å². The van der Waals surface area contributed by atoms with Crippen molar-refractivity contribution in [2.24, 2.45) is 0 Å². The van der Waals surface area contributed by atoms with Crippen molar-refractivity contribution in [2.45, 2.75) is 49.9 Å². The topological polar surface area (TPSA) is 100 Å². The molecule has 3 N–H and O–H groups in total. The summed E-state index contributed by atoms with van der Waals surface area (Å²) in [7, 11) is 0. The second-order valence-corrected chi connectivity index (χ2v) is 10.4. The number of aliphatic hydroxyl groups is 1. The number of benzene rings is 2. The number of amides is 1. The van der Waals surface area contributed by atoms with Crippen molar-refractivity contribution in [1.29, 1.82) is 0 Å². The maximum Gasteiger partial charge on any atom is 0.255 e. The molecule has 1 unspecified atom stereocenters. The van der Waals surface area contributed by atoms with Crippen LogP contribution in [0.25, 0.3) is 0 Å². The van der Waals surface area contributed by atoms with E-state index in [-0.39, 0.29) is 35.7 Å². The van der Waals surface area contributed by atoms with Crippen molar-refractivity contribution >= 4 is 17.5 Å². The van der Waals surface area contributed by atoms with E-state index in [9.17, 15) is 15.0 Å². The van der Waals surface area contributed by atoms with Crippen molar-refractivity contribution in [2.75, 3.05) is 39.4 Å². The molecule has 3 heterocycles. The maximum atomic E-state index is 12.7. The van der Waals surface area contributed by atoms with Crippen LogP contribution in [0, 0.1) is 0 Å². The first-order valence-electron chi connectivity index (χ1n) is 12.6. The lowest BCUT2D eigenvalue weighted by Gasteiger charge is -2.39. The number of rotatable bonds is 8. The highest BCUT2D eigenvalue weighted by Gasteiger charge is 2.42. The first-order chi connectivity index (χ1) is 17.4. The van der Waals surface area contributed by atoms with Gasteiger partial charge in [0.2, 0.25) is 0 Å². The second-order valence-electron chi connectivity index (χ2n) is 10.0. The third kappa shape index (κ3) is 5.89. The molecule has 1 spiro atoms. The minimum absolute atomic E-state index is 0.00431. The quantitative estimate of drug-likeness (QED) is 0.495. The Morgan fingerprint density at radius 2 is 2.08 bits per heavy atom. The van der Waals surface area contributed by atoms with Crippen LogP contribution in [0.1, 0.15) is 41.6 Å². The average molecular weight is 517 g/mol. The summed E-state index contributed by atoms with van der Waals surface area (Å²) >= 11 is 6.14. The Bertz CT molecular complexity index is 1080. The number of fused-ring (bicyclic) bond motifs is 1. The van der Waals surface area contributed by atoms with E-state index >= 15 is 0 Å². The summed E-state index contributed by atoms with van der Waals surface area (Å²) in [5.41, 5.74) is 1.28. The molecule has 0 bridgehead atoms. The molecule has 194 valence electrons. The summed E-state index contributed by atoms with van der Waals surface area (Å²) in [6, 6.07) is 10.2. The number of ether oxygens (including phenoxy) is 3. The molecule has 5 rings (SSSR count). The lowest BCUT2D eigenvalue weighted by molar-refractivity contribution is -0.00201. The number of carbonyl (C=O) groups excluding carboxylic acids is 1. The molecule has 2 aromatic carbocycles. The Morgan fingerprint density at radius 1 is 1.25 bits per heavy atom. The van der Waals surface area contributed by atoms with Crippen molar-refractivity contribution in [3.05, 3.63) is 52.5 Å². The van der Waals surface area contributed by atoms with Gasteiger partial charge >= 0.3 is 0 Å². The van der Waals surface area contributed by atoms with Crippen LogP contribution in [0.5, 0.6) is 17.2 Å². The first kappa shape index (κ1) is 25.1. The lowest BCUT2D eigenvalue weighted by atomic mass is 9.87. The van der Waals surface area contributed by atoms with E-state index in [2.05, 4.69) is 10.2 Å². The molecule has 2 aromatic rings. The normalized spacial score (nSPS) is 21.7. The Kier molecular flexibility index (Phi) is 7.57. The molecular weight excluding hydrogens is 484 g/mol. The molecule has 36 heavy (non-hydrogen) atoms. The van der Waals surface area contributed by atoms with Gasteiger partial charge in [-0.1, -0.05) is 11.6 Å². The molecule has 8 nitrogen and oxygen atoms in total. The molecule has 2 fully saturated rings. The summed E-state index contributed by atoms with van der Waals surface area (Å²) in [6.45, 7) is 3.23. The first-order valence-corrected chi connectivity index (χ1v) is 13.0. The minimum Gasteiger partial charge on any atom is -0.508 e. The predicted octanol–water partition coefficient (Wildman–Crippen LogP) is 3.16. The number of hydrogen-bond acceptors (Lipinski definition) is 7. The molecule has 1 amide bonds. The zero-order chi connectivity index (χ0) is 25.1. The number of phenols is 1. The van der Waals surface area contributed by atoms with Gasteiger partial charge in [-0.25, -0.2) is 0 Å². The number of nitrogens with zero attached hydrogens (tertiary/aromatic N) is 1. The average Bonchev–Trinajstić information content (AvgIpc) is 3.50. The van der Waals surface area contributed by atoms with Gasteiger partial charge < -0.3 is 34.6 Å². The molecule has 2 saturated heterocycles. The predicted molar refractivity (Wildman–Crippen MR) is 135 cm³/mol. The highest BCUT2D eigenvalue weighted by molar-refractivity contribution is 6.30. The van der Waals surface area contributed by atoms with E-state index in [1.54, 1.807) is 0 Å². The Hall–Kier alpha value is -2.52. The summed E-state index contributed by atoms with van der Waals surface area (Å²) in [5, 5.41) is 24.2. The summed E-state index contributed by atoms with van der Waals surface area (Å²) in [6.07, 6.45) is 3.81. The third-order valence-electron chi connectivity index (χ3n) is 7.25. The fourth-order valence-electron chi connectivity index (χ4n) is 5.29. The van der Waals surface area contributed by atoms with Crippen molar-refractivity contribution in [3.8, 4) is 17.2 Å². The number of β-amino-alcohol motifs (C(OH)–C–C–N with tert-alkyl or cyclic N) is 1. The molecule has 0 aliphatic carbocycles. The molecular formula is C27H33ClN2O6. The van der Waals surface area contributed by atoms with E-state index in [4.69, 9.17) is 25.8 Å². The molecule has 0 aromatic heterocycles. The van der Waals surface area contributed by atoms with Gasteiger partial charge in [0, 0.05) is 63.1 Å². The highest BCUT2D eigenvalue weighted by atomic mass is 35.5. The van der Waals surface area contributed by atoms with Gasteiger partial charge in [0.15, 0.2) is 0 Å². The van der Waals surface area contributed by atoms with Crippen LogP contribution in [0.2, 0.25) is 5.02 Å². The Balaban J connectivity index is 1.10. The van der Waals surface area contributed by atoms with Gasteiger partial charge in [-0.05, 0) is 48.7 Å². The van der Waals surface area contributed by atoms with Crippen molar-refractivity contribution in [3.63, 3.8) is 0 Å². The van der Waals surface area contributed by atoms with Crippen molar-refractivity contribution in [1.82, 2.24) is 10.2 Å². The monoisotopic (exact) mass is 516 g/mol. The lowest BCUT2D eigenvalue weighted by Crippen LogP contribution is -2.49. The molecule has 0 radical (unpaired) electrons. The number of aliphatic hydroxyl groups excluding tert-OH is 1. The number of aromatic hydroxyl groups is 1. The maximum absolute atomic E-state index is 12.7. The minimum atomic E-state index is -0.746. The smallest absolute Gasteiger partial charge is 0.255 e. The van der Waals surface area contributed by atoms with Crippen LogP contribution in [-0.2, 0) is 11.2 Å². The number of nitrogens with one attached hydrogen (secondary N) is 1. The molecule has 0 saturated carbocycles. The van der Waals surface area contributed by atoms with Crippen LogP contribution in [0.4, 0.5) is 0 Å². The fraction of sp³-hybridized carbons (Fsp3) is 0.519. The third-order valence-corrected chi connectivity index (χ3v) is 7.49. The Morgan fingerprint density at radius 3 is 2.86 bits per heavy atom. The molecule has 3 aliphatic rings. The summed E-state index contributed by atoms with van der Waals surface area (Å²) in [4.78, 5) is 14.9. The van der Waals surface area contributed by atoms with E-state index in [0.717, 1.165) is 68.1 Å². The van der Waals surface area contributed by atoms with E-state index < -0.39 is 6.10 Å². The van der Waals surface area contributed by atoms with Gasteiger partial charge in [0.25, 0.3) is 5.91 Å². The summed E-state index contributed by atoms with van der Waals surface area (Å²) in [5.74, 6) is 0.862. The van der Waals surface area contributed by atoms with E-state index in [1.165, 1.54) is 18.2 Å². The molecule has 3 aliphatic heterocycles. The second kappa shape index (κ2) is 10.8. The molecule has 9 heteroatoms. The largest absolute Gasteiger partial charge is 0.508 e. The van der Waals surface area contributed by atoms with Crippen molar-refractivity contribution < 1.29 is 29.2 Å². The Labute approximate surface area is 216 Å². The highest BCUT2D eigenvalue weighted by Crippen LogP contribution is 2.42. The standard InChI is InChI=1S/C27H33ClN2O6/c28-19-3-6-24-18(12-19)14-27(36-24)7-9-30(10-8-27)16-21(32)17-35-25-13-20(31)4-5-23(25)26(33)29-15-22-2-1-11-34-22/h3-6,12-13,21-22,31-32H,1-2,7-11,14-17H2,(H,29,33)/t21-,22?/m0/s1. The number of carbonyl (C=O) groups is 1. The zero-order valence-corrected chi connectivity index (χ0v) is 21.0. The number of halogens is 1. The number of piperidine rings is 1. The van der Waals surface area contributed by atoms with Crippen LogP contribution in [0.3, 0.4) is 0 Å².